The Morgan fingerprint density at radius 1 is 1.28 bits per heavy atom. The number of fused-ring (bicyclic) bond motifs is 1. The van der Waals surface area contributed by atoms with Gasteiger partial charge in [0.25, 0.3) is 0 Å². The van der Waals surface area contributed by atoms with Gasteiger partial charge in [-0.25, -0.2) is 4.39 Å². The van der Waals surface area contributed by atoms with E-state index in [1.54, 1.807) is 6.07 Å². The maximum atomic E-state index is 13.8. The van der Waals surface area contributed by atoms with E-state index >= 15 is 0 Å². The summed E-state index contributed by atoms with van der Waals surface area (Å²) < 4.78 is 24.5. The van der Waals surface area contributed by atoms with Gasteiger partial charge in [0.2, 0.25) is 0 Å². The van der Waals surface area contributed by atoms with Crippen molar-refractivity contribution in [3.8, 4) is 11.5 Å². The molecule has 0 spiro atoms. The first-order valence-corrected chi connectivity index (χ1v) is 6.13. The van der Waals surface area contributed by atoms with Gasteiger partial charge in [-0.2, -0.15) is 0 Å². The molecule has 0 aromatic heterocycles. The zero-order chi connectivity index (χ0) is 13.0. The molecule has 0 saturated carbocycles. The van der Waals surface area contributed by atoms with Crippen LogP contribution in [0, 0.1) is 11.7 Å². The van der Waals surface area contributed by atoms with E-state index in [2.05, 4.69) is 0 Å². The molecular formula is C13H18FNO3. The first-order valence-electron chi connectivity index (χ1n) is 6.13. The number of hydrogen-bond acceptors (Lipinski definition) is 4. The van der Waals surface area contributed by atoms with Crippen LogP contribution < -0.4 is 15.2 Å². The van der Waals surface area contributed by atoms with Gasteiger partial charge in [0.05, 0.1) is 0 Å². The molecule has 0 aliphatic carbocycles. The third-order valence-corrected chi connectivity index (χ3v) is 3.12. The van der Waals surface area contributed by atoms with Gasteiger partial charge >= 0.3 is 0 Å². The van der Waals surface area contributed by atoms with Crippen LogP contribution in [0.25, 0.3) is 0 Å². The van der Waals surface area contributed by atoms with Crippen molar-refractivity contribution in [2.24, 2.45) is 11.7 Å². The second-order valence-electron chi connectivity index (χ2n) is 4.41. The first-order chi connectivity index (χ1) is 8.74. The summed E-state index contributed by atoms with van der Waals surface area (Å²) >= 11 is 0. The van der Waals surface area contributed by atoms with Crippen molar-refractivity contribution in [2.45, 2.75) is 12.8 Å². The molecule has 1 aliphatic rings. The van der Waals surface area contributed by atoms with Gasteiger partial charge in [-0.05, 0) is 36.9 Å². The van der Waals surface area contributed by atoms with Crippen LogP contribution >= 0.6 is 0 Å². The highest BCUT2D eigenvalue weighted by molar-refractivity contribution is 5.44. The lowest BCUT2D eigenvalue weighted by Gasteiger charge is -2.20. The molecule has 0 bridgehead atoms. The Hall–Kier alpha value is -1.33. The van der Waals surface area contributed by atoms with Crippen molar-refractivity contribution in [3.63, 3.8) is 0 Å². The van der Waals surface area contributed by atoms with Gasteiger partial charge in [-0.1, -0.05) is 0 Å². The van der Waals surface area contributed by atoms with E-state index in [1.807, 2.05) is 0 Å². The van der Waals surface area contributed by atoms with E-state index in [1.165, 1.54) is 6.07 Å². The standard InChI is InChI=1S/C13H18FNO3/c14-11-6-13-12(17-3-4-18-13)5-10(11)2-1-9(7-15)8-16/h5-6,9,16H,1-4,7-8,15H2. The highest BCUT2D eigenvalue weighted by Gasteiger charge is 2.16. The molecule has 1 atom stereocenters. The lowest BCUT2D eigenvalue weighted by molar-refractivity contribution is 0.170. The first kappa shape index (κ1) is 13.1. The van der Waals surface area contributed by atoms with Crippen LogP contribution in [-0.2, 0) is 6.42 Å². The van der Waals surface area contributed by atoms with Crippen LogP contribution in [0.15, 0.2) is 12.1 Å². The molecule has 1 aromatic rings. The molecule has 5 heteroatoms. The highest BCUT2D eigenvalue weighted by Crippen LogP contribution is 2.33. The predicted molar refractivity (Wildman–Crippen MR) is 65.3 cm³/mol. The fourth-order valence-corrected chi connectivity index (χ4v) is 1.94. The third kappa shape index (κ3) is 2.91. The summed E-state index contributed by atoms with van der Waals surface area (Å²) in [5.41, 5.74) is 6.07. The zero-order valence-corrected chi connectivity index (χ0v) is 10.2. The van der Waals surface area contributed by atoms with E-state index < -0.39 is 0 Å². The molecule has 1 heterocycles. The van der Waals surface area contributed by atoms with Crippen LogP contribution in [0.2, 0.25) is 0 Å². The SMILES string of the molecule is NCC(CO)CCc1cc2c(cc1F)OCCO2. The Balaban J connectivity index is 2.08. The van der Waals surface area contributed by atoms with Crippen molar-refractivity contribution in [2.75, 3.05) is 26.4 Å². The van der Waals surface area contributed by atoms with E-state index in [4.69, 9.17) is 20.3 Å². The van der Waals surface area contributed by atoms with Crippen molar-refractivity contribution in [1.29, 1.82) is 0 Å². The normalized spacial score (nSPS) is 15.5. The maximum absolute atomic E-state index is 13.8. The molecule has 0 fully saturated rings. The smallest absolute Gasteiger partial charge is 0.164 e. The van der Waals surface area contributed by atoms with Crippen LogP contribution in [0.3, 0.4) is 0 Å². The predicted octanol–water partition coefficient (Wildman–Crippen LogP) is 1.10. The van der Waals surface area contributed by atoms with Gasteiger partial charge < -0.3 is 20.3 Å². The molecule has 2 rings (SSSR count). The molecule has 4 nitrogen and oxygen atoms in total. The number of aliphatic hydroxyl groups excluding tert-OH is 1. The molecule has 1 aliphatic heterocycles. The minimum Gasteiger partial charge on any atom is -0.486 e. The van der Waals surface area contributed by atoms with Crippen LogP contribution in [0.5, 0.6) is 11.5 Å². The second-order valence-corrected chi connectivity index (χ2v) is 4.41. The minimum absolute atomic E-state index is 0.0117. The number of hydrogen-bond donors (Lipinski definition) is 2. The van der Waals surface area contributed by atoms with E-state index in [9.17, 15) is 4.39 Å². The number of ether oxygens (including phenoxy) is 2. The number of rotatable bonds is 5. The van der Waals surface area contributed by atoms with Crippen molar-refractivity contribution >= 4 is 0 Å². The lowest BCUT2D eigenvalue weighted by atomic mass is 9.99. The van der Waals surface area contributed by atoms with Gasteiger partial charge in [-0.15, -0.1) is 0 Å². The van der Waals surface area contributed by atoms with Crippen molar-refractivity contribution in [1.82, 2.24) is 0 Å². The monoisotopic (exact) mass is 255 g/mol. The van der Waals surface area contributed by atoms with E-state index in [0.717, 1.165) is 0 Å². The average Bonchev–Trinajstić information content (AvgIpc) is 2.40. The molecule has 3 N–H and O–H groups in total. The third-order valence-electron chi connectivity index (χ3n) is 3.12. The van der Waals surface area contributed by atoms with Crippen LogP contribution in [-0.4, -0.2) is 31.5 Å². The Morgan fingerprint density at radius 3 is 2.56 bits per heavy atom. The van der Waals surface area contributed by atoms with Crippen molar-refractivity contribution < 1.29 is 19.0 Å². The molecule has 1 unspecified atom stereocenters. The maximum Gasteiger partial charge on any atom is 0.164 e. The second kappa shape index (κ2) is 6.02. The molecule has 18 heavy (non-hydrogen) atoms. The zero-order valence-electron chi connectivity index (χ0n) is 10.2. The van der Waals surface area contributed by atoms with Gasteiger partial charge in [0, 0.05) is 12.7 Å². The summed E-state index contributed by atoms with van der Waals surface area (Å²) in [7, 11) is 0. The summed E-state index contributed by atoms with van der Waals surface area (Å²) in [5, 5.41) is 9.05. The molecule has 0 saturated heterocycles. The summed E-state index contributed by atoms with van der Waals surface area (Å²) in [5.74, 6) is 0.761. The molecule has 1 aromatic carbocycles. The van der Waals surface area contributed by atoms with Crippen LogP contribution in [0.4, 0.5) is 4.39 Å². The van der Waals surface area contributed by atoms with Gasteiger partial charge in [0.15, 0.2) is 11.5 Å². The summed E-state index contributed by atoms with van der Waals surface area (Å²) in [6.45, 7) is 1.37. The van der Waals surface area contributed by atoms with Gasteiger partial charge in [-0.3, -0.25) is 0 Å². The molecule has 0 amide bonds. The molecular weight excluding hydrogens is 237 g/mol. The number of aliphatic hydroxyl groups is 1. The molecule has 0 radical (unpaired) electrons. The highest BCUT2D eigenvalue weighted by atomic mass is 19.1. The fraction of sp³-hybridized carbons (Fsp3) is 0.538. The fourth-order valence-electron chi connectivity index (χ4n) is 1.94. The largest absolute Gasteiger partial charge is 0.486 e. The van der Waals surface area contributed by atoms with Crippen molar-refractivity contribution in [3.05, 3.63) is 23.5 Å². The topological polar surface area (TPSA) is 64.7 Å². The summed E-state index contributed by atoms with van der Waals surface area (Å²) in [4.78, 5) is 0. The lowest BCUT2D eigenvalue weighted by Crippen LogP contribution is -2.19. The molecule has 100 valence electrons. The Morgan fingerprint density at radius 2 is 1.94 bits per heavy atom. The Bertz CT molecular complexity index is 407. The Kier molecular flexibility index (Phi) is 4.38. The summed E-state index contributed by atoms with van der Waals surface area (Å²) in [6, 6.07) is 3.04. The van der Waals surface area contributed by atoms with E-state index in [0.29, 0.717) is 49.7 Å². The van der Waals surface area contributed by atoms with Crippen LogP contribution in [0.1, 0.15) is 12.0 Å². The number of nitrogens with two attached hydrogens (primary N) is 1. The number of aryl methyl sites for hydroxylation is 1. The Labute approximate surface area is 106 Å². The van der Waals surface area contributed by atoms with E-state index in [-0.39, 0.29) is 18.3 Å². The quantitative estimate of drug-likeness (QED) is 0.827. The van der Waals surface area contributed by atoms with Gasteiger partial charge in [0.1, 0.15) is 19.0 Å². The minimum atomic E-state index is -0.298. The average molecular weight is 255 g/mol. The number of benzene rings is 1. The number of halogens is 1. The summed E-state index contributed by atoms with van der Waals surface area (Å²) in [6.07, 6.45) is 1.19.